The molecule has 1 aromatic rings. The fourth-order valence-corrected chi connectivity index (χ4v) is 3.21. The highest BCUT2D eigenvalue weighted by Crippen LogP contribution is 2.14. The fraction of sp³-hybridized carbons (Fsp3) is 0.526. The van der Waals surface area contributed by atoms with E-state index in [4.69, 9.17) is 0 Å². The molecule has 1 saturated heterocycles. The van der Waals surface area contributed by atoms with Crippen molar-refractivity contribution >= 4 is 23.5 Å². The minimum absolute atomic E-state index is 0.0807. The van der Waals surface area contributed by atoms with Gasteiger partial charge in [0.1, 0.15) is 6.04 Å². The maximum atomic E-state index is 12.6. The number of benzene rings is 1. The van der Waals surface area contributed by atoms with Gasteiger partial charge in [-0.1, -0.05) is 26.0 Å². The molecule has 0 aromatic heterocycles. The van der Waals surface area contributed by atoms with Gasteiger partial charge in [0.15, 0.2) is 0 Å². The number of hydrogen-bond donors (Lipinski definition) is 2. The zero-order valence-electron chi connectivity index (χ0n) is 15.5. The van der Waals surface area contributed by atoms with Crippen LogP contribution in [0.3, 0.4) is 0 Å². The predicted octanol–water partition coefficient (Wildman–Crippen LogP) is 1.07. The Labute approximate surface area is 154 Å². The molecular weight excluding hydrogens is 330 g/mol. The van der Waals surface area contributed by atoms with Gasteiger partial charge < -0.3 is 15.1 Å². The third-order valence-corrected chi connectivity index (χ3v) is 4.96. The first-order chi connectivity index (χ1) is 12.6. The van der Waals surface area contributed by atoms with Crippen LogP contribution < -0.4 is 10.6 Å². The standard InChI is InChI=1S/C19H27N5O2/c1-3-14-5-7-15(8-6-14)20-18(26)16-13-17(25)22-19(21-16)24-11-9-23(4-2)10-12-24/h5-8,16H,3-4,9-13H2,1-2H3,(H,20,26)(H,21,22,25). The van der Waals surface area contributed by atoms with Gasteiger partial charge in [-0.2, -0.15) is 0 Å². The summed E-state index contributed by atoms with van der Waals surface area (Å²) in [5.74, 6) is 0.127. The van der Waals surface area contributed by atoms with Gasteiger partial charge in [-0.05, 0) is 30.7 Å². The van der Waals surface area contributed by atoms with Crippen LogP contribution in [0.2, 0.25) is 0 Å². The van der Waals surface area contributed by atoms with Crippen LogP contribution in [-0.4, -0.2) is 66.3 Å². The second-order valence-electron chi connectivity index (χ2n) is 6.68. The van der Waals surface area contributed by atoms with Crippen LogP contribution in [0.15, 0.2) is 29.3 Å². The third-order valence-electron chi connectivity index (χ3n) is 4.96. The first-order valence-corrected chi connectivity index (χ1v) is 9.33. The summed E-state index contributed by atoms with van der Waals surface area (Å²) in [6.45, 7) is 8.74. The number of hydrogen-bond acceptors (Lipinski definition) is 5. The molecule has 2 aliphatic rings. The van der Waals surface area contributed by atoms with Crippen molar-refractivity contribution in [2.24, 2.45) is 4.99 Å². The lowest BCUT2D eigenvalue weighted by atomic mass is 10.1. The molecule has 26 heavy (non-hydrogen) atoms. The Balaban J connectivity index is 1.65. The van der Waals surface area contributed by atoms with Crippen molar-refractivity contribution < 1.29 is 9.59 Å². The van der Waals surface area contributed by atoms with Crippen LogP contribution in [0, 0.1) is 0 Å². The monoisotopic (exact) mass is 357 g/mol. The molecule has 7 heteroatoms. The first kappa shape index (κ1) is 18.4. The summed E-state index contributed by atoms with van der Waals surface area (Å²) in [7, 11) is 0. The number of piperazine rings is 1. The Morgan fingerprint density at radius 1 is 1.19 bits per heavy atom. The topological polar surface area (TPSA) is 77.0 Å². The number of carbonyl (C=O) groups is 2. The average Bonchev–Trinajstić information content (AvgIpc) is 2.68. The Kier molecular flexibility index (Phi) is 5.88. The molecule has 3 rings (SSSR count). The van der Waals surface area contributed by atoms with Crippen LogP contribution in [0.4, 0.5) is 5.69 Å². The second-order valence-corrected chi connectivity index (χ2v) is 6.68. The van der Waals surface area contributed by atoms with E-state index >= 15 is 0 Å². The molecule has 0 spiro atoms. The summed E-state index contributed by atoms with van der Waals surface area (Å²) in [5.41, 5.74) is 1.94. The zero-order chi connectivity index (χ0) is 18.5. The molecule has 0 saturated carbocycles. The van der Waals surface area contributed by atoms with Crippen molar-refractivity contribution in [1.82, 2.24) is 15.1 Å². The number of likely N-dealkylation sites (N-methyl/N-ethyl adjacent to an activating group) is 1. The molecule has 0 bridgehead atoms. The van der Waals surface area contributed by atoms with E-state index in [2.05, 4.69) is 39.3 Å². The lowest BCUT2D eigenvalue weighted by Crippen LogP contribution is -2.56. The summed E-state index contributed by atoms with van der Waals surface area (Å²) in [4.78, 5) is 33.6. The van der Waals surface area contributed by atoms with Crippen molar-refractivity contribution in [2.45, 2.75) is 32.7 Å². The Bertz CT molecular complexity index is 678. The molecule has 2 heterocycles. The van der Waals surface area contributed by atoms with Crippen LogP contribution in [-0.2, 0) is 16.0 Å². The molecule has 2 N–H and O–H groups in total. The molecule has 0 radical (unpaired) electrons. The number of aryl methyl sites for hydroxylation is 1. The quantitative estimate of drug-likeness (QED) is 0.845. The molecule has 1 atom stereocenters. The van der Waals surface area contributed by atoms with Gasteiger partial charge in [0.2, 0.25) is 17.8 Å². The van der Waals surface area contributed by atoms with Gasteiger partial charge in [-0.25, -0.2) is 4.99 Å². The van der Waals surface area contributed by atoms with Gasteiger partial charge in [0, 0.05) is 31.9 Å². The van der Waals surface area contributed by atoms with Crippen molar-refractivity contribution in [1.29, 1.82) is 0 Å². The van der Waals surface area contributed by atoms with E-state index in [0.717, 1.165) is 44.8 Å². The molecule has 2 aliphatic heterocycles. The third kappa shape index (κ3) is 4.40. The van der Waals surface area contributed by atoms with Gasteiger partial charge in [0.25, 0.3) is 0 Å². The number of amides is 2. The predicted molar refractivity (Wildman–Crippen MR) is 102 cm³/mol. The lowest BCUT2D eigenvalue weighted by molar-refractivity contribution is -0.125. The molecule has 2 amide bonds. The van der Waals surface area contributed by atoms with E-state index in [-0.39, 0.29) is 18.2 Å². The van der Waals surface area contributed by atoms with Gasteiger partial charge in [0.05, 0.1) is 6.42 Å². The van der Waals surface area contributed by atoms with E-state index in [0.29, 0.717) is 5.96 Å². The average molecular weight is 357 g/mol. The summed E-state index contributed by atoms with van der Waals surface area (Å²) >= 11 is 0. The smallest absolute Gasteiger partial charge is 0.249 e. The number of anilines is 1. The highest BCUT2D eigenvalue weighted by Gasteiger charge is 2.30. The number of nitrogens with zero attached hydrogens (tertiary/aromatic N) is 3. The summed E-state index contributed by atoms with van der Waals surface area (Å²) in [6.07, 6.45) is 1.03. The number of nitrogens with one attached hydrogen (secondary N) is 2. The zero-order valence-corrected chi connectivity index (χ0v) is 15.5. The highest BCUT2D eigenvalue weighted by molar-refractivity contribution is 6.05. The molecule has 140 valence electrons. The van der Waals surface area contributed by atoms with E-state index in [1.807, 2.05) is 24.3 Å². The van der Waals surface area contributed by atoms with Crippen molar-refractivity contribution in [2.75, 3.05) is 38.0 Å². The Hall–Kier alpha value is -2.41. The van der Waals surface area contributed by atoms with E-state index in [1.165, 1.54) is 5.56 Å². The first-order valence-electron chi connectivity index (χ1n) is 9.33. The largest absolute Gasteiger partial charge is 0.340 e. The van der Waals surface area contributed by atoms with E-state index in [1.54, 1.807) is 0 Å². The molecule has 0 aliphatic carbocycles. The van der Waals surface area contributed by atoms with Crippen LogP contribution in [0.25, 0.3) is 0 Å². The van der Waals surface area contributed by atoms with Crippen molar-refractivity contribution in [3.05, 3.63) is 29.8 Å². The number of guanidine groups is 1. The normalized spacial score (nSPS) is 21.2. The Morgan fingerprint density at radius 2 is 1.88 bits per heavy atom. The minimum atomic E-state index is -0.686. The van der Waals surface area contributed by atoms with Gasteiger partial charge in [-0.15, -0.1) is 0 Å². The van der Waals surface area contributed by atoms with Crippen LogP contribution in [0.5, 0.6) is 0 Å². The summed E-state index contributed by atoms with van der Waals surface area (Å²) in [6, 6.07) is 7.06. The van der Waals surface area contributed by atoms with Crippen molar-refractivity contribution in [3.63, 3.8) is 0 Å². The number of carbonyl (C=O) groups excluding carboxylic acids is 2. The summed E-state index contributed by atoms with van der Waals surface area (Å²) in [5, 5.41) is 5.69. The highest BCUT2D eigenvalue weighted by atomic mass is 16.2. The van der Waals surface area contributed by atoms with Gasteiger partial charge >= 0.3 is 0 Å². The number of rotatable bonds is 4. The maximum Gasteiger partial charge on any atom is 0.249 e. The van der Waals surface area contributed by atoms with Crippen LogP contribution >= 0.6 is 0 Å². The Morgan fingerprint density at radius 3 is 2.50 bits per heavy atom. The minimum Gasteiger partial charge on any atom is -0.340 e. The molecule has 7 nitrogen and oxygen atoms in total. The number of aliphatic imine (C=N–C) groups is 1. The SMILES string of the molecule is CCc1ccc(NC(=O)C2CC(=O)NC(N3CCN(CC)CC3)=N2)cc1. The van der Waals surface area contributed by atoms with Gasteiger partial charge in [-0.3, -0.25) is 14.9 Å². The van der Waals surface area contributed by atoms with Crippen LogP contribution in [0.1, 0.15) is 25.8 Å². The summed E-state index contributed by atoms with van der Waals surface area (Å²) < 4.78 is 0. The van der Waals surface area contributed by atoms with E-state index in [9.17, 15) is 9.59 Å². The molecular formula is C19H27N5O2. The van der Waals surface area contributed by atoms with E-state index < -0.39 is 6.04 Å². The molecule has 1 fully saturated rings. The lowest BCUT2D eigenvalue weighted by Gasteiger charge is -2.37. The fourth-order valence-electron chi connectivity index (χ4n) is 3.21. The molecule has 1 unspecified atom stereocenters. The maximum absolute atomic E-state index is 12.6. The second kappa shape index (κ2) is 8.31. The molecule has 1 aromatic carbocycles. The van der Waals surface area contributed by atoms with Crippen molar-refractivity contribution in [3.8, 4) is 0 Å².